The summed E-state index contributed by atoms with van der Waals surface area (Å²) in [4.78, 5) is 31.3. The Bertz CT molecular complexity index is 1220. The van der Waals surface area contributed by atoms with Gasteiger partial charge in [0.2, 0.25) is 5.91 Å². The standard InChI is InChI=1S/C26H25N3O3/c1-29(17-24(30)28-19-12-14-20(32-2)15-13-19)25(18-8-4-3-5-9-18)26(31)22-16-27-23-11-7-6-10-21(22)23/h3-16,25,27H,17H2,1-2H3,(H,28,30). The molecule has 3 aromatic carbocycles. The second kappa shape index (κ2) is 9.49. The van der Waals surface area contributed by atoms with Crippen molar-refractivity contribution < 1.29 is 14.3 Å². The van der Waals surface area contributed by atoms with Crippen molar-refractivity contribution in [2.24, 2.45) is 0 Å². The van der Waals surface area contributed by atoms with Crippen molar-refractivity contribution in [1.82, 2.24) is 9.88 Å². The molecule has 1 aromatic heterocycles. The van der Waals surface area contributed by atoms with E-state index in [1.165, 1.54) is 0 Å². The molecule has 1 atom stereocenters. The number of para-hydroxylation sites is 1. The number of H-pyrrole nitrogens is 1. The highest BCUT2D eigenvalue weighted by Gasteiger charge is 2.29. The lowest BCUT2D eigenvalue weighted by molar-refractivity contribution is -0.117. The number of ether oxygens (including phenoxy) is 1. The number of nitrogens with zero attached hydrogens (tertiary/aromatic N) is 1. The summed E-state index contributed by atoms with van der Waals surface area (Å²) in [5.74, 6) is 0.451. The third kappa shape index (κ3) is 4.55. The summed E-state index contributed by atoms with van der Waals surface area (Å²) in [6, 6.07) is 23.8. The quantitative estimate of drug-likeness (QED) is 0.401. The summed E-state index contributed by atoms with van der Waals surface area (Å²) in [5.41, 5.74) is 3.02. The topological polar surface area (TPSA) is 74.4 Å². The molecule has 0 radical (unpaired) electrons. The van der Waals surface area contributed by atoms with Crippen LogP contribution in [0.25, 0.3) is 10.9 Å². The molecule has 0 saturated heterocycles. The summed E-state index contributed by atoms with van der Waals surface area (Å²) in [5, 5.41) is 3.75. The van der Waals surface area contributed by atoms with E-state index in [0.717, 1.165) is 16.5 Å². The molecule has 4 aromatic rings. The normalized spacial score (nSPS) is 12.0. The van der Waals surface area contributed by atoms with Crippen LogP contribution in [0.3, 0.4) is 0 Å². The second-order valence-electron chi connectivity index (χ2n) is 7.62. The van der Waals surface area contributed by atoms with Gasteiger partial charge in [0.05, 0.1) is 19.7 Å². The molecule has 0 saturated carbocycles. The molecule has 6 heteroatoms. The molecule has 162 valence electrons. The van der Waals surface area contributed by atoms with Crippen LogP contribution in [-0.2, 0) is 4.79 Å². The Morgan fingerprint density at radius 3 is 2.38 bits per heavy atom. The molecule has 0 aliphatic heterocycles. The number of methoxy groups -OCH3 is 1. The fourth-order valence-electron chi connectivity index (χ4n) is 3.86. The van der Waals surface area contributed by atoms with Gasteiger partial charge < -0.3 is 15.0 Å². The van der Waals surface area contributed by atoms with Crippen LogP contribution in [0.2, 0.25) is 0 Å². The van der Waals surface area contributed by atoms with E-state index in [4.69, 9.17) is 4.74 Å². The lowest BCUT2D eigenvalue weighted by Gasteiger charge is -2.27. The molecular formula is C26H25N3O3. The van der Waals surface area contributed by atoms with Crippen LogP contribution < -0.4 is 10.1 Å². The Kier molecular flexibility index (Phi) is 6.33. The number of ketones is 1. The number of amides is 1. The van der Waals surface area contributed by atoms with Crippen LogP contribution in [-0.4, -0.2) is 42.3 Å². The molecule has 2 N–H and O–H groups in total. The van der Waals surface area contributed by atoms with E-state index in [1.54, 1.807) is 49.5 Å². The first-order valence-electron chi connectivity index (χ1n) is 10.4. The molecule has 4 rings (SSSR count). The molecule has 1 amide bonds. The number of nitrogens with one attached hydrogen (secondary N) is 2. The number of carbonyl (C=O) groups excluding carboxylic acids is 2. The van der Waals surface area contributed by atoms with Crippen LogP contribution in [0.4, 0.5) is 5.69 Å². The van der Waals surface area contributed by atoms with Gasteiger partial charge in [-0.2, -0.15) is 0 Å². The van der Waals surface area contributed by atoms with Crippen LogP contribution in [0.1, 0.15) is 22.0 Å². The Balaban J connectivity index is 1.57. The van der Waals surface area contributed by atoms with Crippen molar-refractivity contribution in [2.45, 2.75) is 6.04 Å². The molecular weight excluding hydrogens is 402 g/mol. The summed E-state index contributed by atoms with van der Waals surface area (Å²) in [7, 11) is 3.38. The fraction of sp³-hybridized carbons (Fsp3) is 0.154. The number of carbonyl (C=O) groups is 2. The zero-order valence-corrected chi connectivity index (χ0v) is 18.0. The van der Waals surface area contributed by atoms with Gasteiger partial charge in [0.15, 0.2) is 5.78 Å². The first-order chi connectivity index (χ1) is 15.6. The van der Waals surface area contributed by atoms with Gasteiger partial charge in [0, 0.05) is 28.4 Å². The monoisotopic (exact) mass is 427 g/mol. The first kappa shape index (κ1) is 21.3. The number of aromatic amines is 1. The Hall–Kier alpha value is -3.90. The number of likely N-dealkylation sites (N-methyl/N-ethyl adjacent to an activating group) is 1. The predicted octanol–water partition coefficient (Wildman–Crippen LogP) is 4.67. The van der Waals surface area contributed by atoms with Crippen LogP contribution >= 0.6 is 0 Å². The SMILES string of the molecule is COc1ccc(NC(=O)CN(C)C(C(=O)c2c[nH]c3ccccc23)c2ccccc2)cc1. The van der Waals surface area contributed by atoms with Crippen molar-refractivity contribution in [1.29, 1.82) is 0 Å². The number of hydrogen-bond donors (Lipinski definition) is 2. The van der Waals surface area contributed by atoms with Crippen molar-refractivity contribution in [3.8, 4) is 5.75 Å². The average molecular weight is 428 g/mol. The summed E-state index contributed by atoms with van der Waals surface area (Å²) in [6.45, 7) is 0.0552. The van der Waals surface area contributed by atoms with Gasteiger partial charge in [0.25, 0.3) is 0 Å². The molecule has 0 aliphatic carbocycles. The highest BCUT2D eigenvalue weighted by Crippen LogP contribution is 2.28. The number of benzene rings is 3. The Labute approximate surface area is 186 Å². The molecule has 6 nitrogen and oxygen atoms in total. The van der Waals surface area contributed by atoms with Gasteiger partial charge in [-0.15, -0.1) is 0 Å². The van der Waals surface area contributed by atoms with Gasteiger partial charge in [-0.25, -0.2) is 0 Å². The van der Waals surface area contributed by atoms with Crippen LogP contribution in [0.15, 0.2) is 85.1 Å². The van der Waals surface area contributed by atoms with Crippen LogP contribution in [0, 0.1) is 0 Å². The van der Waals surface area contributed by atoms with Gasteiger partial charge in [0.1, 0.15) is 5.75 Å². The molecule has 1 heterocycles. The van der Waals surface area contributed by atoms with E-state index < -0.39 is 6.04 Å². The van der Waals surface area contributed by atoms with Gasteiger partial charge in [-0.05, 0) is 42.9 Å². The maximum Gasteiger partial charge on any atom is 0.238 e. The van der Waals surface area contributed by atoms with Gasteiger partial charge in [-0.3, -0.25) is 14.5 Å². The smallest absolute Gasteiger partial charge is 0.238 e. The average Bonchev–Trinajstić information content (AvgIpc) is 3.24. The molecule has 0 bridgehead atoms. The fourth-order valence-corrected chi connectivity index (χ4v) is 3.86. The third-order valence-corrected chi connectivity index (χ3v) is 5.43. The molecule has 1 unspecified atom stereocenters. The van der Waals surface area contributed by atoms with Crippen molar-refractivity contribution in [3.63, 3.8) is 0 Å². The largest absolute Gasteiger partial charge is 0.497 e. The predicted molar refractivity (Wildman–Crippen MR) is 126 cm³/mol. The first-order valence-corrected chi connectivity index (χ1v) is 10.4. The number of Topliss-reactive ketones (excluding diaryl/α,β-unsaturated/α-hetero) is 1. The highest BCUT2D eigenvalue weighted by molar-refractivity contribution is 6.10. The molecule has 0 aliphatic rings. The third-order valence-electron chi connectivity index (χ3n) is 5.43. The van der Waals surface area contributed by atoms with Crippen molar-refractivity contribution >= 4 is 28.3 Å². The lowest BCUT2D eigenvalue weighted by atomic mass is 9.96. The zero-order chi connectivity index (χ0) is 22.5. The number of aromatic nitrogens is 1. The van der Waals surface area contributed by atoms with Crippen LogP contribution in [0.5, 0.6) is 5.75 Å². The Morgan fingerprint density at radius 2 is 1.66 bits per heavy atom. The van der Waals surface area contributed by atoms with Gasteiger partial charge >= 0.3 is 0 Å². The van der Waals surface area contributed by atoms with E-state index in [-0.39, 0.29) is 18.2 Å². The maximum absolute atomic E-state index is 13.7. The van der Waals surface area contributed by atoms with E-state index in [0.29, 0.717) is 17.0 Å². The summed E-state index contributed by atoms with van der Waals surface area (Å²) < 4.78 is 5.15. The Morgan fingerprint density at radius 1 is 0.969 bits per heavy atom. The number of fused-ring (bicyclic) bond motifs is 1. The molecule has 32 heavy (non-hydrogen) atoms. The maximum atomic E-state index is 13.7. The van der Waals surface area contributed by atoms with Crippen molar-refractivity contribution in [3.05, 3.63) is 96.2 Å². The molecule has 0 fully saturated rings. The molecule has 0 spiro atoms. The van der Waals surface area contributed by atoms with Gasteiger partial charge in [-0.1, -0.05) is 48.5 Å². The van der Waals surface area contributed by atoms with E-state index >= 15 is 0 Å². The van der Waals surface area contributed by atoms with E-state index in [2.05, 4.69) is 10.3 Å². The van der Waals surface area contributed by atoms with E-state index in [9.17, 15) is 9.59 Å². The summed E-state index contributed by atoms with van der Waals surface area (Å²) >= 11 is 0. The minimum absolute atomic E-state index is 0.0552. The number of rotatable bonds is 8. The van der Waals surface area contributed by atoms with E-state index in [1.807, 2.05) is 54.6 Å². The zero-order valence-electron chi connectivity index (χ0n) is 18.0. The minimum Gasteiger partial charge on any atom is -0.497 e. The second-order valence-corrected chi connectivity index (χ2v) is 7.62. The minimum atomic E-state index is -0.600. The number of anilines is 1. The van der Waals surface area contributed by atoms with Crippen molar-refractivity contribution in [2.75, 3.05) is 26.0 Å². The summed E-state index contributed by atoms with van der Waals surface area (Å²) in [6.07, 6.45) is 1.74. The highest BCUT2D eigenvalue weighted by atomic mass is 16.5. The lowest BCUT2D eigenvalue weighted by Crippen LogP contribution is -2.37. The number of hydrogen-bond acceptors (Lipinski definition) is 4.